The fourth-order valence-corrected chi connectivity index (χ4v) is 4.15. The first-order chi connectivity index (χ1) is 14.2. The number of nitrogens with one attached hydrogen (secondary N) is 1. The van der Waals surface area contributed by atoms with Crippen molar-refractivity contribution in [3.63, 3.8) is 0 Å². The van der Waals surface area contributed by atoms with Gasteiger partial charge in [-0.2, -0.15) is 0 Å². The normalized spacial score (nSPS) is 15.3. The molecule has 3 aromatic rings. The summed E-state index contributed by atoms with van der Waals surface area (Å²) in [7, 11) is 0. The Kier molecular flexibility index (Phi) is 5.92. The Labute approximate surface area is 172 Å². The third kappa shape index (κ3) is 4.49. The van der Waals surface area contributed by atoms with Gasteiger partial charge >= 0.3 is 0 Å². The van der Waals surface area contributed by atoms with Crippen molar-refractivity contribution in [1.29, 1.82) is 0 Å². The summed E-state index contributed by atoms with van der Waals surface area (Å²) in [6.07, 6.45) is 1.85. The molecule has 4 nitrogen and oxygen atoms in total. The fraction of sp³-hybridized carbons (Fsp3) is 0.240. The molecule has 0 spiro atoms. The van der Waals surface area contributed by atoms with Crippen molar-refractivity contribution < 1.29 is 4.79 Å². The van der Waals surface area contributed by atoms with E-state index in [4.69, 9.17) is 5.73 Å². The zero-order chi connectivity index (χ0) is 20.1. The van der Waals surface area contributed by atoms with Gasteiger partial charge in [0.25, 0.3) is 5.91 Å². The molecule has 0 aromatic heterocycles. The molecule has 0 atom stereocenters. The summed E-state index contributed by atoms with van der Waals surface area (Å²) in [4.78, 5) is 15.1. The van der Waals surface area contributed by atoms with Gasteiger partial charge < -0.3 is 11.1 Å². The van der Waals surface area contributed by atoms with Crippen LogP contribution in [0.1, 0.15) is 40.4 Å². The third-order valence-corrected chi connectivity index (χ3v) is 5.67. The number of carbonyl (C=O) groups is 1. The molecule has 0 bridgehead atoms. The van der Waals surface area contributed by atoms with Gasteiger partial charge in [-0.05, 0) is 36.1 Å². The highest BCUT2D eigenvalue weighted by Gasteiger charge is 2.28. The summed E-state index contributed by atoms with van der Waals surface area (Å²) in [5, 5.41) is 3.17. The fourth-order valence-electron chi connectivity index (χ4n) is 4.15. The Morgan fingerprint density at radius 1 is 0.828 bits per heavy atom. The van der Waals surface area contributed by atoms with Crippen LogP contribution in [0.15, 0.2) is 84.9 Å². The second-order valence-electron chi connectivity index (χ2n) is 7.59. The topological polar surface area (TPSA) is 58.4 Å². The standard InChI is InChI=1S/C25H27N3O/c26-23-14-8-7-13-22(23)25(29)27-21-15-17-28(18-16-21)24(19-9-3-1-4-10-19)20-11-5-2-6-12-20/h1-14,21,24H,15-18,26H2,(H,27,29). The molecule has 1 amide bonds. The maximum atomic E-state index is 12.6. The second-order valence-corrected chi connectivity index (χ2v) is 7.59. The number of benzene rings is 3. The van der Waals surface area contributed by atoms with E-state index in [9.17, 15) is 4.79 Å². The lowest BCUT2D eigenvalue weighted by molar-refractivity contribution is 0.0901. The molecule has 0 saturated carbocycles. The largest absolute Gasteiger partial charge is 0.398 e. The highest BCUT2D eigenvalue weighted by Crippen LogP contribution is 2.31. The Bertz CT molecular complexity index is 895. The second kappa shape index (κ2) is 8.93. The van der Waals surface area contributed by atoms with Crippen LogP contribution in [0.3, 0.4) is 0 Å². The number of likely N-dealkylation sites (tertiary alicyclic amines) is 1. The third-order valence-electron chi connectivity index (χ3n) is 5.67. The monoisotopic (exact) mass is 385 g/mol. The van der Waals surface area contributed by atoms with E-state index in [2.05, 4.69) is 70.9 Å². The van der Waals surface area contributed by atoms with Gasteiger partial charge in [0.05, 0.1) is 11.6 Å². The molecular formula is C25H27N3O. The number of hydrogen-bond acceptors (Lipinski definition) is 3. The minimum atomic E-state index is -0.0794. The molecule has 1 saturated heterocycles. The average molecular weight is 386 g/mol. The number of nitrogens with two attached hydrogens (primary N) is 1. The first kappa shape index (κ1) is 19.2. The van der Waals surface area contributed by atoms with Crippen LogP contribution >= 0.6 is 0 Å². The van der Waals surface area contributed by atoms with Crippen molar-refractivity contribution in [3.8, 4) is 0 Å². The minimum absolute atomic E-state index is 0.0794. The van der Waals surface area contributed by atoms with Crippen molar-refractivity contribution in [3.05, 3.63) is 102 Å². The van der Waals surface area contributed by atoms with Crippen molar-refractivity contribution in [2.75, 3.05) is 18.8 Å². The SMILES string of the molecule is Nc1ccccc1C(=O)NC1CCN(C(c2ccccc2)c2ccccc2)CC1. The molecule has 148 valence electrons. The lowest BCUT2D eigenvalue weighted by Gasteiger charge is -2.38. The van der Waals surface area contributed by atoms with E-state index >= 15 is 0 Å². The van der Waals surface area contributed by atoms with Gasteiger partial charge in [0.1, 0.15) is 0 Å². The number of piperidine rings is 1. The lowest BCUT2D eigenvalue weighted by Crippen LogP contribution is -2.46. The van der Waals surface area contributed by atoms with E-state index in [1.807, 2.05) is 12.1 Å². The van der Waals surface area contributed by atoms with Crippen LogP contribution in [0.4, 0.5) is 5.69 Å². The molecule has 1 heterocycles. The van der Waals surface area contributed by atoms with Gasteiger partial charge in [-0.1, -0.05) is 72.8 Å². The molecule has 4 heteroatoms. The van der Waals surface area contributed by atoms with E-state index in [0.29, 0.717) is 11.3 Å². The van der Waals surface area contributed by atoms with Crippen molar-refractivity contribution >= 4 is 11.6 Å². The van der Waals surface area contributed by atoms with E-state index < -0.39 is 0 Å². The van der Waals surface area contributed by atoms with Crippen LogP contribution in [-0.4, -0.2) is 29.9 Å². The highest BCUT2D eigenvalue weighted by molar-refractivity contribution is 5.99. The van der Waals surface area contributed by atoms with E-state index in [-0.39, 0.29) is 18.0 Å². The molecule has 1 aliphatic heterocycles. The summed E-state index contributed by atoms with van der Waals surface area (Å²) in [6, 6.07) is 28.9. The van der Waals surface area contributed by atoms with Crippen molar-refractivity contribution in [1.82, 2.24) is 10.2 Å². The molecule has 4 rings (SSSR count). The first-order valence-electron chi connectivity index (χ1n) is 10.2. The molecule has 3 N–H and O–H groups in total. The predicted octanol–water partition coefficient (Wildman–Crippen LogP) is 4.25. The summed E-state index contributed by atoms with van der Waals surface area (Å²) in [5.41, 5.74) is 9.64. The zero-order valence-corrected chi connectivity index (χ0v) is 16.5. The zero-order valence-electron chi connectivity index (χ0n) is 16.5. The molecule has 1 fully saturated rings. The molecule has 0 aliphatic carbocycles. The summed E-state index contributed by atoms with van der Waals surface area (Å²) >= 11 is 0. The number of amides is 1. The molecule has 3 aromatic carbocycles. The lowest BCUT2D eigenvalue weighted by atomic mass is 9.94. The Balaban J connectivity index is 1.44. The number of nitrogen functional groups attached to an aromatic ring is 1. The predicted molar refractivity (Wildman–Crippen MR) is 118 cm³/mol. The Morgan fingerprint density at radius 3 is 1.90 bits per heavy atom. The van der Waals surface area contributed by atoms with Crippen LogP contribution in [0.25, 0.3) is 0 Å². The van der Waals surface area contributed by atoms with Crippen molar-refractivity contribution in [2.24, 2.45) is 0 Å². The molecular weight excluding hydrogens is 358 g/mol. The van der Waals surface area contributed by atoms with Crippen LogP contribution in [-0.2, 0) is 0 Å². The van der Waals surface area contributed by atoms with Gasteiger partial charge in [0.15, 0.2) is 0 Å². The summed E-state index contributed by atoms with van der Waals surface area (Å²) < 4.78 is 0. The molecule has 29 heavy (non-hydrogen) atoms. The number of carbonyl (C=O) groups excluding carboxylic acids is 1. The Hall–Kier alpha value is -3.11. The van der Waals surface area contributed by atoms with Gasteiger partial charge in [-0.15, -0.1) is 0 Å². The number of para-hydroxylation sites is 1. The number of nitrogens with zero attached hydrogens (tertiary/aromatic N) is 1. The number of anilines is 1. The van der Waals surface area contributed by atoms with Gasteiger partial charge in [-0.3, -0.25) is 9.69 Å². The first-order valence-corrected chi connectivity index (χ1v) is 10.2. The minimum Gasteiger partial charge on any atom is -0.398 e. The summed E-state index contributed by atoms with van der Waals surface area (Å²) in [5.74, 6) is -0.0794. The van der Waals surface area contributed by atoms with Crippen LogP contribution in [0, 0.1) is 0 Å². The maximum absolute atomic E-state index is 12.6. The smallest absolute Gasteiger partial charge is 0.253 e. The average Bonchev–Trinajstić information content (AvgIpc) is 2.77. The van der Waals surface area contributed by atoms with E-state index in [0.717, 1.165) is 25.9 Å². The van der Waals surface area contributed by atoms with E-state index in [1.165, 1.54) is 11.1 Å². The van der Waals surface area contributed by atoms with Gasteiger partial charge in [0.2, 0.25) is 0 Å². The molecule has 0 unspecified atom stereocenters. The van der Waals surface area contributed by atoms with Gasteiger partial charge in [-0.25, -0.2) is 0 Å². The molecule has 0 radical (unpaired) electrons. The maximum Gasteiger partial charge on any atom is 0.253 e. The van der Waals surface area contributed by atoms with Crippen LogP contribution in [0.2, 0.25) is 0 Å². The van der Waals surface area contributed by atoms with E-state index in [1.54, 1.807) is 12.1 Å². The summed E-state index contributed by atoms with van der Waals surface area (Å²) in [6.45, 7) is 1.87. The van der Waals surface area contributed by atoms with Crippen LogP contribution < -0.4 is 11.1 Å². The molecule has 1 aliphatic rings. The Morgan fingerprint density at radius 2 is 1.34 bits per heavy atom. The quantitative estimate of drug-likeness (QED) is 0.646. The van der Waals surface area contributed by atoms with Crippen LogP contribution in [0.5, 0.6) is 0 Å². The number of hydrogen-bond donors (Lipinski definition) is 2. The van der Waals surface area contributed by atoms with Gasteiger partial charge in [0, 0.05) is 24.8 Å². The highest BCUT2D eigenvalue weighted by atomic mass is 16.1. The number of rotatable bonds is 5. The van der Waals surface area contributed by atoms with Crippen molar-refractivity contribution in [2.45, 2.75) is 24.9 Å².